The van der Waals surface area contributed by atoms with Crippen LogP contribution in [-0.2, 0) is 19.4 Å². The van der Waals surface area contributed by atoms with Crippen LogP contribution in [0.1, 0.15) is 13.3 Å². The van der Waals surface area contributed by atoms with Crippen LogP contribution in [0.5, 0.6) is 5.75 Å². The van der Waals surface area contributed by atoms with Gasteiger partial charge in [0.05, 0.1) is 23.1 Å². The number of hydrogen-bond donors (Lipinski definition) is 2. The molecule has 7 nitrogen and oxygen atoms in total. The zero-order valence-corrected chi connectivity index (χ0v) is 12.8. The SMILES string of the molecule is C[C@H]1Oc2ccc(NC(=O)[C@H]3CCS(=O)(=O)C3)cc2NC1=O. The minimum absolute atomic E-state index is 0.0526. The molecule has 2 heterocycles. The molecule has 2 N–H and O–H groups in total. The van der Waals surface area contributed by atoms with E-state index in [4.69, 9.17) is 4.74 Å². The molecule has 1 fully saturated rings. The van der Waals surface area contributed by atoms with Gasteiger partial charge >= 0.3 is 0 Å². The van der Waals surface area contributed by atoms with Gasteiger partial charge in [-0.3, -0.25) is 9.59 Å². The third-order valence-electron chi connectivity index (χ3n) is 3.78. The Morgan fingerprint density at radius 1 is 1.41 bits per heavy atom. The molecule has 8 heteroatoms. The molecular weight excluding hydrogens is 308 g/mol. The Balaban J connectivity index is 1.73. The summed E-state index contributed by atoms with van der Waals surface area (Å²) in [6.45, 7) is 1.65. The average molecular weight is 324 g/mol. The lowest BCUT2D eigenvalue weighted by molar-refractivity contribution is -0.122. The van der Waals surface area contributed by atoms with Crippen molar-refractivity contribution in [1.82, 2.24) is 0 Å². The monoisotopic (exact) mass is 324 g/mol. The highest BCUT2D eigenvalue weighted by Gasteiger charge is 2.33. The Morgan fingerprint density at radius 3 is 2.86 bits per heavy atom. The first kappa shape index (κ1) is 14.8. The van der Waals surface area contributed by atoms with Crippen molar-refractivity contribution >= 4 is 33.0 Å². The summed E-state index contributed by atoms with van der Waals surface area (Å²) in [5.41, 5.74) is 0.978. The van der Waals surface area contributed by atoms with Crippen LogP contribution in [0.3, 0.4) is 0 Å². The third kappa shape index (κ3) is 2.92. The summed E-state index contributed by atoms with van der Waals surface area (Å²) in [6.07, 6.45) is -0.215. The van der Waals surface area contributed by atoms with Crippen LogP contribution in [0.25, 0.3) is 0 Å². The van der Waals surface area contributed by atoms with Gasteiger partial charge in [0.2, 0.25) is 5.91 Å². The highest BCUT2D eigenvalue weighted by atomic mass is 32.2. The van der Waals surface area contributed by atoms with Crippen molar-refractivity contribution in [2.75, 3.05) is 22.1 Å². The van der Waals surface area contributed by atoms with E-state index in [1.54, 1.807) is 25.1 Å². The summed E-state index contributed by atoms with van der Waals surface area (Å²) >= 11 is 0. The molecule has 0 bridgehead atoms. The number of nitrogens with one attached hydrogen (secondary N) is 2. The second-order valence-corrected chi connectivity index (χ2v) is 7.78. The van der Waals surface area contributed by atoms with Crippen molar-refractivity contribution in [3.63, 3.8) is 0 Å². The molecule has 2 aliphatic heterocycles. The molecule has 0 unspecified atom stereocenters. The van der Waals surface area contributed by atoms with Crippen molar-refractivity contribution in [3.05, 3.63) is 18.2 Å². The van der Waals surface area contributed by atoms with E-state index in [-0.39, 0.29) is 23.3 Å². The molecule has 3 rings (SSSR count). The van der Waals surface area contributed by atoms with Crippen LogP contribution in [-0.4, -0.2) is 37.8 Å². The minimum Gasteiger partial charge on any atom is -0.479 e. The van der Waals surface area contributed by atoms with E-state index < -0.39 is 21.9 Å². The van der Waals surface area contributed by atoms with Crippen molar-refractivity contribution in [2.24, 2.45) is 5.92 Å². The van der Waals surface area contributed by atoms with Crippen LogP contribution < -0.4 is 15.4 Å². The number of fused-ring (bicyclic) bond motifs is 1. The Bertz CT molecular complexity index is 744. The maximum atomic E-state index is 12.1. The van der Waals surface area contributed by atoms with Gasteiger partial charge < -0.3 is 15.4 Å². The fourth-order valence-electron chi connectivity index (χ4n) is 2.53. The normalized spacial score (nSPS) is 25.8. The number of amides is 2. The Hall–Kier alpha value is -2.09. The van der Waals surface area contributed by atoms with E-state index in [9.17, 15) is 18.0 Å². The van der Waals surface area contributed by atoms with Crippen LogP contribution in [0.15, 0.2) is 18.2 Å². The van der Waals surface area contributed by atoms with Gasteiger partial charge in [-0.05, 0) is 31.5 Å². The number of rotatable bonds is 2. The lowest BCUT2D eigenvalue weighted by atomic mass is 10.1. The molecule has 1 saturated heterocycles. The Labute approximate surface area is 128 Å². The van der Waals surface area contributed by atoms with Crippen LogP contribution >= 0.6 is 0 Å². The number of anilines is 2. The van der Waals surface area contributed by atoms with E-state index in [0.717, 1.165) is 0 Å². The molecule has 0 aliphatic carbocycles. The zero-order valence-electron chi connectivity index (χ0n) is 12.0. The molecule has 2 amide bonds. The predicted molar refractivity (Wildman–Crippen MR) is 80.6 cm³/mol. The molecule has 0 saturated carbocycles. The summed E-state index contributed by atoms with van der Waals surface area (Å²) in [4.78, 5) is 23.7. The first-order chi connectivity index (χ1) is 10.3. The van der Waals surface area contributed by atoms with Gasteiger partial charge in [-0.1, -0.05) is 0 Å². The third-order valence-corrected chi connectivity index (χ3v) is 5.55. The second-order valence-electron chi connectivity index (χ2n) is 5.55. The van der Waals surface area contributed by atoms with E-state index >= 15 is 0 Å². The first-order valence-corrected chi connectivity index (χ1v) is 8.79. The summed E-state index contributed by atoms with van der Waals surface area (Å²) in [7, 11) is -3.10. The summed E-state index contributed by atoms with van der Waals surface area (Å²) in [6, 6.07) is 4.91. The fourth-order valence-corrected chi connectivity index (χ4v) is 4.27. The summed E-state index contributed by atoms with van der Waals surface area (Å²) in [5.74, 6) is -0.617. The maximum Gasteiger partial charge on any atom is 0.265 e. The number of ether oxygens (including phenoxy) is 1. The number of sulfone groups is 1. The highest BCUT2D eigenvalue weighted by molar-refractivity contribution is 7.91. The zero-order chi connectivity index (χ0) is 15.9. The molecular formula is C14H16N2O5S. The highest BCUT2D eigenvalue weighted by Crippen LogP contribution is 2.32. The largest absolute Gasteiger partial charge is 0.479 e. The lowest BCUT2D eigenvalue weighted by Gasteiger charge is -2.23. The fraction of sp³-hybridized carbons (Fsp3) is 0.429. The predicted octanol–water partition coefficient (Wildman–Crippen LogP) is 0.779. The van der Waals surface area contributed by atoms with E-state index in [1.165, 1.54) is 0 Å². The van der Waals surface area contributed by atoms with Crippen LogP contribution in [0.4, 0.5) is 11.4 Å². The average Bonchev–Trinajstić information content (AvgIpc) is 2.81. The van der Waals surface area contributed by atoms with Gasteiger partial charge in [-0.15, -0.1) is 0 Å². The standard InChI is InChI=1S/C14H16N2O5S/c1-8-13(17)16-11-6-10(2-3-12(11)21-8)15-14(18)9-4-5-22(19,20)7-9/h2-3,6,8-9H,4-5,7H2,1H3,(H,15,18)(H,16,17)/t8-,9+/m1/s1. The molecule has 2 atom stereocenters. The van der Waals surface area contributed by atoms with Gasteiger partial charge in [0.1, 0.15) is 5.75 Å². The second kappa shape index (κ2) is 5.28. The Kier molecular flexibility index (Phi) is 3.56. The molecule has 2 aliphatic rings. The molecule has 118 valence electrons. The van der Waals surface area contributed by atoms with Gasteiger partial charge in [0.25, 0.3) is 5.91 Å². The molecule has 1 aromatic carbocycles. The van der Waals surface area contributed by atoms with Gasteiger partial charge in [0.15, 0.2) is 15.9 Å². The molecule has 0 aromatic heterocycles. The number of hydrogen-bond acceptors (Lipinski definition) is 5. The van der Waals surface area contributed by atoms with Crippen molar-refractivity contribution < 1.29 is 22.7 Å². The molecule has 0 radical (unpaired) electrons. The van der Waals surface area contributed by atoms with E-state index in [2.05, 4.69) is 10.6 Å². The van der Waals surface area contributed by atoms with Crippen molar-refractivity contribution in [2.45, 2.75) is 19.4 Å². The van der Waals surface area contributed by atoms with Crippen LogP contribution in [0.2, 0.25) is 0 Å². The van der Waals surface area contributed by atoms with Crippen molar-refractivity contribution in [3.8, 4) is 5.75 Å². The number of carbonyl (C=O) groups is 2. The molecule has 1 aromatic rings. The molecule has 0 spiro atoms. The van der Waals surface area contributed by atoms with Gasteiger partial charge in [-0.2, -0.15) is 0 Å². The quantitative estimate of drug-likeness (QED) is 0.837. The summed E-state index contributed by atoms with van der Waals surface area (Å²) in [5, 5.41) is 5.38. The van der Waals surface area contributed by atoms with Gasteiger partial charge in [0, 0.05) is 5.69 Å². The minimum atomic E-state index is -3.10. The lowest BCUT2D eigenvalue weighted by Crippen LogP contribution is -2.34. The van der Waals surface area contributed by atoms with Crippen molar-refractivity contribution in [1.29, 1.82) is 0 Å². The smallest absolute Gasteiger partial charge is 0.265 e. The van der Waals surface area contributed by atoms with E-state index in [0.29, 0.717) is 23.5 Å². The first-order valence-electron chi connectivity index (χ1n) is 6.97. The number of benzene rings is 1. The molecule has 22 heavy (non-hydrogen) atoms. The topological polar surface area (TPSA) is 102 Å². The Morgan fingerprint density at radius 2 is 2.18 bits per heavy atom. The summed E-state index contributed by atoms with van der Waals surface area (Å²) < 4.78 is 28.3. The maximum absolute atomic E-state index is 12.1. The van der Waals surface area contributed by atoms with Crippen LogP contribution in [0, 0.1) is 5.92 Å². The van der Waals surface area contributed by atoms with Gasteiger partial charge in [-0.25, -0.2) is 8.42 Å². The van der Waals surface area contributed by atoms with E-state index in [1.807, 2.05) is 0 Å². The number of carbonyl (C=O) groups excluding carboxylic acids is 2.